The maximum Gasteiger partial charge on any atom is 0.387 e. The standard InChI is InChI=1S/C15H11ClF2N2OS2/c16-12-5-10(1-2-13(12)21-15(17)18)19-6-11-8-23-14(20-11)9-3-4-22-7-9/h1-5,7-8,15,19H,6H2. The third-order valence-electron chi connectivity index (χ3n) is 2.94. The van der Waals surface area contributed by atoms with Gasteiger partial charge in [0.05, 0.1) is 17.3 Å². The second-order valence-electron chi connectivity index (χ2n) is 4.53. The number of aromatic nitrogens is 1. The van der Waals surface area contributed by atoms with Crippen molar-refractivity contribution in [3.63, 3.8) is 0 Å². The molecule has 3 aromatic rings. The molecule has 0 radical (unpaired) electrons. The Kier molecular flexibility index (Phi) is 5.09. The highest BCUT2D eigenvalue weighted by atomic mass is 35.5. The van der Waals surface area contributed by atoms with Gasteiger partial charge < -0.3 is 10.1 Å². The number of anilines is 1. The first-order valence-electron chi connectivity index (χ1n) is 6.57. The van der Waals surface area contributed by atoms with Gasteiger partial charge in [-0.2, -0.15) is 20.1 Å². The topological polar surface area (TPSA) is 34.1 Å². The zero-order valence-electron chi connectivity index (χ0n) is 11.6. The number of nitrogens with zero attached hydrogens (tertiary/aromatic N) is 1. The number of hydrogen-bond donors (Lipinski definition) is 1. The first-order valence-corrected chi connectivity index (χ1v) is 8.77. The lowest BCUT2D eigenvalue weighted by atomic mass is 10.3. The molecule has 0 fully saturated rings. The number of alkyl halides is 2. The molecule has 1 N–H and O–H groups in total. The Morgan fingerprint density at radius 2 is 2.13 bits per heavy atom. The molecule has 0 amide bonds. The Labute approximate surface area is 144 Å². The van der Waals surface area contributed by atoms with E-state index < -0.39 is 6.61 Å². The summed E-state index contributed by atoms with van der Waals surface area (Å²) < 4.78 is 28.7. The van der Waals surface area contributed by atoms with Gasteiger partial charge in [-0.3, -0.25) is 0 Å². The van der Waals surface area contributed by atoms with Crippen LogP contribution in [0.4, 0.5) is 14.5 Å². The predicted molar refractivity (Wildman–Crippen MR) is 90.8 cm³/mol. The summed E-state index contributed by atoms with van der Waals surface area (Å²) in [7, 11) is 0. The van der Waals surface area contributed by atoms with Gasteiger partial charge in [-0.25, -0.2) is 4.98 Å². The molecule has 8 heteroatoms. The summed E-state index contributed by atoms with van der Waals surface area (Å²) in [6.07, 6.45) is 0. The van der Waals surface area contributed by atoms with E-state index in [1.54, 1.807) is 34.8 Å². The van der Waals surface area contributed by atoms with Crippen LogP contribution in [0.25, 0.3) is 10.6 Å². The molecular formula is C15H11ClF2N2OS2. The van der Waals surface area contributed by atoms with Crippen molar-refractivity contribution in [2.75, 3.05) is 5.32 Å². The summed E-state index contributed by atoms with van der Waals surface area (Å²) in [6, 6.07) is 6.62. The number of benzene rings is 1. The molecule has 0 spiro atoms. The van der Waals surface area contributed by atoms with Crippen molar-refractivity contribution in [3.8, 4) is 16.3 Å². The van der Waals surface area contributed by atoms with Gasteiger partial charge in [-0.15, -0.1) is 11.3 Å². The minimum atomic E-state index is -2.89. The molecule has 3 nitrogen and oxygen atoms in total. The largest absolute Gasteiger partial charge is 0.433 e. The average Bonchev–Trinajstić information content (AvgIpc) is 3.18. The van der Waals surface area contributed by atoms with Crippen LogP contribution in [0.5, 0.6) is 5.75 Å². The maximum absolute atomic E-state index is 12.2. The van der Waals surface area contributed by atoms with Gasteiger partial charge in [0, 0.05) is 22.0 Å². The van der Waals surface area contributed by atoms with E-state index in [9.17, 15) is 8.78 Å². The fourth-order valence-electron chi connectivity index (χ4n) is 1.90. The summed E-state index contributed by atoms with van der Waals surface area (Å²) in [6.45, 7) is -2.37. The number of nitrogens with one attached hydrogen (secondary N) is 1. The molecule has 1 aromatic carbocycles. The van der Waals surface area contributed by atoms with Crippen molar-refractivity contribution in [1.82, 2.24) is 4.98 Å². The van der Waals surface area contributed by atoms with Crippen LogP contribution in [0.2, 0.25) is 5.02 Å². The highest BCUT2D eigenvalue weighted by Crippen LogP contribution is 2.30. The summed E-state index contributed by atoms with van der Waals surface area (Å²) in [4.78, 5) is 4.55. The third kappa shape index (κ3) is 4.19. The van der Waals surface area contributed by atoms with E-state index in [0.717, 1.165) is 16.3 Å². The molecule has 2 heterocycles. The fourth-order valence-corrected chi connectivity index (χ4v) is 3.66. The number of thiophene rings is 1. The molecular weight excluding hydrogens is 362 g/mol. The Balaban J connectivity index is 1.63. The molecule has 0 atom stereocenters. The summed E-state index contributed by atoms with van der Waals surface area (Å²) in [5, 5.41) is 10.3. The van der Waals surface area contributed by atoms with Crippen molar-refractivity contribution in [2.45, 2.75) is 13.2 Å². The van der Waals surface area contributed by atoms with Gasteiger partial charge in [-0.1, -0.05) is 11.6 Å². The van der Waals surface area contributed by atoms with Crippen LogP contribution in [-0.2, 0) is 6.54 Å². The summed E-state index contributed by atoms with van der Waals surface area (Å²) in [5.41, 5.74) is 2.73. The minimum absolute atomic E-state index is 0.0411. The number of hydrogen-bond acceptors (Lipinski definition) is 5. The SMILES string of the molecule is FC(F)Oc1ccc(NCc2csc(-c3ccsc3)n2)cc1Cl. The van der Waals surface area contributed by atoms with Crippen LogP contribution in [0, 0.1) is 0 Å². The second kappa shape index (κ2) is 7.25. The molecule has 0 saturated heterocycles. The monoisotopic (exact) mass is 372 g/mol. The first-order chi connectivity index (χ1) is 11.1. The van der Waals surface area contributed by atoms with Gasteiger partial charge in [0.2, 0.25) is 0 Å². The Bertz CT molecular complexity index is 778. The fraction of sp³-hybridized carbons (Fsp3) is 0.133. The predicted octanol–water partition coefficient (Wildman–Crippen LogP) is 5.74. The number of rotatable bonds is 6. The number of halogens is 3. The molecule has 23 heavy (non-hydrogen) atoms. The quantitative estimate of drug-likeness (QED) is 0.599. The lowest BCUT2D eigenvalue weighted by Crippen LogP contribution is -2.03. The van der Waals surface area contributed by atoms with Gasteiger partial charge in [-0.05, 0) is 29.6 Å². The van der Waals surface area contributed by atoms with Crippen LogP contribution in [0.3, 0.4) is 0 Å². The molecule has 120 valence electrons. The zero-order chi connectivity index (χ0) is 16.2. The molecule has 3 rings (SSSR count). The van der Waals surface area contributed by atoms with Gasteiger partial charge in [0.15, 0.2) is 0 Å². The van der Waals surface area contributed by atoms with Crippen LogP contribution in [0.1, 0.15) is 5.69 Å². The Morgan fingerprint density at radius 3 is 2.83 bits per heavy atom. The lowest BCUT2D eigenvalue weighted by Gasteiger charge is -2.09. The number of thiazole rings is 1. The molecule has 0 bridgehead atoms. The van der Waals surface area contributed by atoms with E-state index in [0.29, 0.717) is 12.2 Å². The van der Waals surface area contributed by atoms with Crippen LogP contribution < -0.4 is 10.1 Å². The number of ether oxygens (including phenoxy) is 1. The van der Waals surface area contributed by atoms with Gasteiger partial charge >= 0.3 is 6.61 Å². The Hall–Kier alpha value is -1.70. The van der Waals surface area contributed by atoms with E-state index in [2.05, 4.69) is 20.4 Å². The third-order valence-corrected chi connectivity index (χ3v) is 4.86. The highest BCUT2D eigenvalue weighted by Gasteiger charge is 2.09. The Morgan fingerprint density at radius 1 is 1.26 bits per heavy atom. The van der Waals surface area contributed by atoms with Crippen LogP contribution in [-0.4, -0.2) is 11.6 Å². The van der Waals surface area contributed by atoms with Crippen LogP contribution >= 0.6 is 34.3 Å². The van der Waals surface area contributed by atoms with E-state index in [1.165, 1.54) is 6.07 Å². The molecule has 0 aliphatic heterocycles. The van der Waals surface area contributed by atoms with E-state index in [1.807, 2.05) is 16.8 Å². The van der Waals surface area contributed by atoms with E-state index in [4.69, 9.17) is 11.6 Å². The van der Waals surface area contributed by atoms with Crippen molar-refractivity contribution in [2.24, 2.45) is 0 Å². The summed E-state index contributed by atoms with van der Waals surface area (Å²) >= 11 is 9.13. The second-order valence-corrected chi connectivity index (χ2v) is 6.58. The lowest BCUT2D eigenvalue weighted by molar-refractivity contribution is -0.0497. The van der Waals surface area contributed by atoms with Crippen molar-refractivity contribution < 1.29 is 13.5 Å². The van der Waals surface area contributed by atoms with E-state index in [-0.39, 0.29) is 10.8 Å². The molecule has 0 unspecified atom stereocenters. The van der Waals surface area contributed by atoms with Gasteiger partial charge in [0.25, 0.3) is 0 Å². The minimum Gasteiger partial charge on any atom is -0.433 e. The average molecular weight is 373 g/mol. The molecule has 0 aliphatic rings. The smallest absolute Gasteiger partial charge is 0.387 e. The molecule has 0 aliphatic carbocycles. The molecule has 0 saturated carbocycles. The summed E-state index contributed by atoms with van der Waals surface area (Å²) in [5.74, 6) is -0.0411. The van der Waals surface area contributed by atoms with E-state index >= 15 is 0 Å². The van der Waals surface area contributed by atoms with Crippen LogP contribution in [0.15, 0.2) is 40.4 Å². The molecule has 2 aromatic heterocycles. The van der Waals surface area contributed by atoms with Crippen molar-refractivity contribution in [1.29, 1.82) is 0 Å². The normalized spacial score (nSPS) is 11.0. The van der Waals surface area contributed by atoms with Crippen molar-refractivity contribution >= 4 is 40.0 Å². The highest BCUT2D eigenvalue weighted by molar-refractivity contribution is 7.14. The van der Waals surface area contributed by atoms with Crippen molar-refractivity contribution in [3.05, 3.63) is 51.1 Å². The maximum atomic E-state index is 12.2. The zero-order valence-corrected chi connectivity index (χ0v) is 14.0. The first kappa shape index (κ1) is 16.2. The van der Waals surface area contributed by atoms with Gasteiger partial charge in [0.1, 0.15) is 10.8 Å².